The van der Waals surface area contributed by atoms with E-state index in [2.05, 4.69) is 0 Å². The minimum atomic E-state index is -1.08. The van der Waals surface area contributed by atoms with E-state index >= 15 is 0 Å². The number of halogens is 2. The van der Waals surface area contributed by atoms with Crippen LogP contribution in [0, 0.1) is 5.41 Å². The molecule has 0 saturated carbocycles. The Balaban J connectivity index is 2.02. The van der Waals surface area contributed by atoms with Gasteiger partial charge in [0.2, 0.25) is 0 Å². The van der Waals surface area contributed by atoms with Crippen LogP contribution in [0.2, 0.25) is 10.0 Å². The molecule has 0 spiro atoms. The third-order valence-corrected chi connectivity index (χ3v) is 5.92. The minimum absolute atomic E-state index is 0.00300. The maximum Gasteiger partial charge on any atom is 0.260 e. The molecule has 3 aromatic rings. The SMILES string of the molecule is CC1(C)Oc2ccccc2C(=O)C1n1c(N)c(C=N)cc(-c2ccc(Cl)cc2Cl)c1=O. The molecule has 4 rings (SSSR count). The number of carbonyl (C=O) groups excluding carboxylic acids is 1. The zero-order chi connectivity index (χ0) is 22.5. The van der Waals surface area contributed by atoms with Crippen molar-refractivity contribution in [3.8, 4) is 16.9 Å². The normalized spacial score (nSPS) is 17.0. The predicted molar refractivity (Wildman–Crippen MR) is 123 cm³/mol. The molecular weight excluding hydrogens is 437 g/mol. The van der Waals surface area contributed by atoms with Crippen LogP contribution in [0.4, 0.5) is 5.82 Å². The Bertz CT molecular complexity index is 1300. The zero-order valence-corrected chi connectivity index (χ0v) is 18.3. The summed E-state index contributed by atoms with van der Waals surface area (Å²) in [4.78, 5) is 27.1. The van der Waals surface area contributed by atoms with E-state index in [0.717, 1.165) is 6.21 Å². The van der Waals surface area contributed by atoms with Gasteiger partial charge in [-0.2, -0.15) is 0 Å². The molecule has 8 heteroatoms. The zero-order valence-electron chi connectivity index (χ0n) is 16.8. The first-order chi connectivity index (χ1) is 14.7. The van der Waals surface area contributed by atoms with Gasteiger partial charge in [0.1, 0.15) is 23.2 Å². The molecule has 3 N–H and O–H groups in total. The molecule has 1 aliphatic heterocycles. The van der Waals surface area contributed by atoms with E-state index in [1.807, 2.05) is 0 Å². The predicted octanol–water partition coefficient (Wildman–Crippen LogP) is 5.00. The smallest absolute Gasteiger partial charge is 0.260 e. The van der Waals surface area contributed by atoms with Crippen LogP contribution in [0.1, 0.15) is 35.8 Å². The average Bonchev–Trinajstić information content (AvgIpc) is 2.71. The maximum absolute atomic E-state index is 13.6. The number of hydrogen-bond donors (Lipinski definition) is 2. The molecule has 6 nitrogen and oxygen atoms in total. The second-order valence-corrected chi connectivity index (χ2v) is 8.65. The second-order valence-electron chi connectivity index (χ2n) is 7.81. The summed E-state index contributed by atoms with van der Waals surface area (Å²) < 4.78 is 7.30. The Morgan fingerprint density at radius 3 is 2.45 bits per heavy atom. The van der Waals surface area contributed by atoms with Gasteiger partial charge < -0.3 is 15.9 Å². The van der Waals surface area contributed by atoms with Crippen molar-refractivity contribution in [1.82, 2.24) is 4.57 Å². The van der Waals surface area contributed by atoms with Crippen molar-refractivity contribution in [3.63, 3.8) is 0 Å². The maximum atomic E-state index is 13.6. The highest BCUT2D eigenvalue weighted by Crippen LogP contribution is 2.40. The van der Waals surface area contributed by atoms with Crippen molar-refractivity contribution in [2.45, 2.75) is 25.5 Å². The quantitative estimate of drug-likeness (QED) is 0.542. The van der Waals surface area contributed by atoms with Crippen LogP contribution in [0.25, 0.3) is 11.1 Å². The molecule has 0 amide bonds. The van der Waals surface area contributed by atoms with Crippen LogP contribution in [-0.2, 0) is 0 Å². The number of para-hydroxylation sites is 1. The highest BCUT2D eigenvalue weighted by Gasteiger charge is 2.46. The van der Waals surface area contributed by atoms with Gasteiger partial charge in [-0.05, 0) is 44.2 Å². The van der Waals surface area contributed by atoms with Crippen LogP contribution in [0.15, 0.2) is 53.3 Å². The van der Waals surface area contributed by atoms with Crippen molar-refractivity contribution < 1.29 is 9.53 Å². The molecule has 158 valence electrons. The summed E-state index contributed by atoms with van der Waals surface area (Å²) in [7, 11) is 0. The van der Waals surface area contributed by atoms with Gasteiger partial charge in [0, 0.05) is 27.9 Å². The molecular formula is C23H19Cl2N3O3. The number of Topliss-reactive ketones (excluding diaryl/α,β-unsaturated/α-hetero) is 1. The number of ether oxygens (including phenoxy) is 1. The van der Waals surface area contributed by atoms with Crippen molar-refractivity contribution in [2.24, 2.45) is 0 Å². The summed E-state index contributed by atoms with van der Waals surface area (Å²) in [5.74, 6) is 0.156. The van der Waals surface area contributed by atoms with E-state index in [4.69, 9.17) is 39.1 Å². The molecule has 1 aliphatic rings. The summed E-state index contributed by atoms with van der Waals surface area (Å²) >= 11 is 12.3. The number of ketones is 1. The molecule has 1 aromatic heterocycles. The monoisotopic (exact) mass is 455 g/mol. The molecule has 0 fully saturated rings. The first-order valence-corrected chi connectivity index (χ1v) is 10.2. The summed E-state index contributed by atoms with van der Waals surface area (Å²) in [5, 5.41) is 8.48. The van der Waals surface area contributed by atoms with Crippen molar-refractivity contribution in [2.75, 3.05) is 5.73 Å². The number of fused-ring (bicyclic) bond motifs is 1. The Morgan fingerprint density at radius 1 is 1.06 bits per heavy atom. The van der Waals surface area contributed by atoms with Crippen LogP contribution >= 0.6 is 23.2 Å². The molecule has 0 saturated heterocycles. The number of nitrogens with one attached hydrogen (secondary N) is 1. The lowest BCUT2D eigenvalue weighted by molar-refractivity contribution is 0.0300. The number of benzene rings is 2. The Kier molecular flexibility index (Phi) is 5.15. The Hall–Kier alpha value is -3.09. The van der Waals surface area contributed by atoms with E-state index in [-0.39, 0.29) is 27.8 Å². The molecule has 2 aromatic carbocycles. The van der Waals surface area contributed by atoms with Crippen molar-refractivity contribution in [3.05, 3.63) is 80.1 Å². The molecule has 0 bridgehead atoms. The number of hydrogen-bond acceptors (Lipinski definition) is 5. The van der Waals surface area contributed by atoms with Gasteiger partial charge >= 0.3 is 0 Å². The Morgan fingerprint density at radius 2 is 1.77 bits per heavy atom. The van der Waals surface area contributed by atoms with Gasteiger partial charge in [-0.1, -0.05) is 41.4 Å². The molecule has 31 heavy (non-hydrogen) atoms. The molecule has 0 radical (unpaired) electrons. The van der Waals surface area contributed by atoms with Gasteiger partial charge in [0.25, 0.3) is 5.56 Å². The van der Waals surface area contributed by atoms with Crippen LogP contribution < -0.4 is 16.0 Å². The highest BCUT2D eigenvalue weighted by molar-refractivity contribution is 6.36. The highest BCUT2D eigenvalue weighted by atomic mass is 35.5. The van der Waals surface area contributed by atoms with Crippen LogP contribution in [0.5, 0.6) is 5.75 Å². The number of nitrogens with zero attached hydrogens (tertiary/aromatic N) is 1. The van der Waals surface area contributed by atoms with E-state index < -0.39 is 17.2 Å². The van der Waals surface area contributed by atoms with Gasteiger partial charge in [-0.15, -0.1) is 0 Å². The largest absolute Gasteiger partial charge is 0.484 e. The number of carbonyl (C=O) groups is 1. The lowest BCUT2D eigenvalue weighted by Crippen LogP contribution is -2.50. The van der Waals surface area contributed by atoms with Crippen LogP contribution in [0.3, 0.4) is 0 Å². The molecule has 2 heterocycles. The van der Waals surface area contributed by atoms with E-state index in [1.165, 1.54) is 16.7 Å². The second kappa shape index (κ2) is 7.55. The number of nitrogen functional groups attached to an aromatic ring is 1. The van der Waals surface area contributed by atoms with Gasteiger partial charge in [0.05, 0.1) is 10.6 Å². The lowest BCUT2D eigenvalue weighted by atomic mass is 9.86. The fourth-order valence-corrected chi connectivity index (χ4v) is 4.44. The first-order valence-electron chi connectivity index (χ1n) is 9.49. The molecule has 1 atom stereocenters. The number of pyridine rings is 1. The lowest BCUT2D eigenvalue weighted by Gasteiger charge is -2.40. The standard InChI is InChI=1S/C23H19Cl2N3O3/c1-23(2)20(19(29)15-5-3-4-6-18(15)31-23)28-21(27)12(11-26)9-16(22(28)30)14-8-7-13(24)10-17(14)25/h3-11,20,26H,27H2,1-2H3. The van der Waals surface area contributed by atoms with E-state index in [0.29, 0.717) is 21.9 Å². The minimum Gasteiger partial charge on any atom is -0.484 e. The third-order valence-electron chi connectivity index (χ3n) is 5.37. The number of nitrogens with two attached hydrogens (primary N) is 1. The number of anilines is 1. The average molecular weight is 456 g/mol. The summed E-state index contributed by atoms with van der Waals surface area (Å²) in [5.41, 5.74) is 5.97. The summed E-state index contributed by atoms with van der Waals surface area (Å²) in [6.07, 6.45) is 1.04. The van der Waals surface area contributed by atoms with Gasteiger partial charge in [-0.3, -0.25) is 14.2 Å². The van der Waals surface area contributed by atoms with Crippen molar-refractivity contribution >= 4 is 41.0 Å². The fourth-order valence-electron chi connectivity index (χ4n) is 3.93. The van der Waals surface area contributed by atoms with Crippen molar-refractivity contribution in [1.29, 1.82) is 5.41 Å². The van der Waals surface area contributed by atoms with E-state index in [1.54, 1.807) is 50.2 Å². The fraction of sp³-hybridized carbons (Fsp3) is 0.174. The number of aromatic nitrogens is 1. The van der Waals surface area contributed by atoms with E-state index in [9.17, 15) is 9.59 Å². The van der Waals surface area contributed by atoms with Gasteiger partial charge in [-0.25, -0.2) is 0 Å². The first kappa shape index (κ1) is 21.2. The number of rotatable bonds is 3. The summed E-state index contributed by atoms with van der Waals surface area (Å²) in [6, 6.07) is 12.1. The molecule has 0 aliphatic carbocycles. The van der Waals surface area contributed by atoms with Crippen LogP contribution in [-0.4, -0.2) is 22.2 Å². The topological polar surface area (TPSA) is 98.2 Å². The molecule has 1 unspecified atom stereocenters. The van der Waals surface area contributed by atoms with Gasteiger partial charge in [0.15, 0.2) is 5.78 Å². The Labute approximate surface area is 188 Å². The summed E-state index contributed by atoms with van der Waals surface area (Å²) in [6.45, 7) is 3.45. The third kappa shape index (κ3) is 3.42.